The third kappa shape index (κ3) is 3.60. The number of aliphatic hydroxyl groups is 1. The Kier molecular flexibility index (Phi) is 5.71. The Hall–Kier alpha value is -2.74. The van der Waals surface area contributed by atoms with Gasteiger partial charge in [0, 0.05) is 48.7 Å². The SMILES string of the molecule is O=C1NCCC12CCNCC2c1c(Cl)cncc1-c1ccc(-c2cnn(CCO)c2)cc1. The third-order valence-electron chi connectivity index (χ3n) is 6.85. The number of piperidine rings is 1. The average molecular weight is 452 g/mol. The lowest BCUT2D eigenvalue weighted by molar-refractivity contribution is -0.129. The van der Waals surface area contributed by atoms with Gasteiger partial charge in [0.25, 0.3) is 0 Å². The van der Waals surface area contributed by atoms with E-state index >= 15 is 0 Å². The number of carbonyl (C=O) groups is 1. The van der Waals surface area contributed by atoms with Gasteiger partial charge < -0.3 is 15.7 Å². The maximum Gasteiger partial charge on any atom is 0.227 e. The normalized spacial score (nSPS) is 22.9. The van der Waals surface area contributed by atoms with Gasteiger partial charge in [-0.15, -0.1) is 0 Å². The highest BCUT2D eigenvalue weighted by atomic mass is 35.5. The summed E-state index contributed by atoms with van der Waals surface area (Å²) in [5.41, 5.74) is 4.59. The van der Waals surface area contributed by atoms with Crippen LogP contribution in [0.4, 0.5) is 0 Å². The number of nitrogens with zero attached hydrogens (tertiary/aromatic N) is 3. The molecule has 1 amide bonds. The molecule has 3 aromatic rings. The van der Waals surface area contributed by atoms with Gasteiger partial charge in [-0.2, -0.15) is 5.10 Å². The molecule has 1 spiro atoms. The number of carbonyl (C=O) groups excluding carboxylic acids is 1. The Morgan fingerprint density at radius 2 is 1.88 bits per heavy atom. The van der Waals surface area contributed by atoms with Crippen molar-refractivity contribution in [2.45, 2.75) is 25.3 Å². The van der Waals surface area contributed by atoms with Crippen molar-refractivity contribution >= 4 is 17.5 Å². The molecule has 7 nitrogen and oxygen atoms in total. The van der Waals surface area contributed by atoms with Crippen molar-refractivity contribution < 1.29 is 9.90 Å². The molecule has 3 N–H and O–H groups in total. The van der Waals surface area contributed by atoms with Crippen molar-refractivity contribution in [3.8, 4) is 22.3 Å². The van der Waals surface area contributed by atoms with Crippen LogP contribution in [-0.4, -0.2) is 52.0 Å². The van der Waals surface area contributed by atoms with E-state index in [2.05, 4.69) is 45.0 Å². The molecule has 0 saturated carbocycles. The molecular weight excluding hydrogens is 426 g/mol. The number of benzene rings is 1. The summed E-state index contributed by atoms with van der Waals surface area (Å²) in [6.07, 6.45) is 8.89. The van der Waals surface area contributed by atoms with Crippen LogP contribution in [0, 0.1) is 5.41 Å². The molecule has 0 bridgehead atoms. The van der Waals surface area contributed by atoms with E-state index in [1.165, 1.54) is 0 Å². The summed E-state index contributed by atoms with van der Waals surface area (Å²) in [6.45, 7) is 2.79. The average Bonchev–Trinajstić information content (AvgIpc) is 3.42. The van der Waals surface area contributed by atoms with Gasteiger partial charge in [0.1, 0.15) is 0 Å². The van der Waals surface area contributed by atoms with E-state index < -0.39 is 5.41 Å². The van der Waals surface area contributed by atoms with Crippen LogP contribution in [0.25, 0.3) is 22.3 Å². The number of halogens is 1. The molecule has 4 heterocycles. The number of pyridine rings is 1. The summed E-state index contributed by atoms with van der Waals surface area (Å²) in [4.78, 5) is 17.3. The molecule has 2 aliphatic rings. The van der Waals surface area contributed by atoms with E-state index in [4.69, 9.17) is 16.7 Å². The number of amides is 1. The summed E-state index contributed by atoms with van der Waals surface area (Å²) in [5, 5.41) is 20.5. The molecule has 0 radical (unpaired) electrons. The highest BCUT2D eigenvalue weighted by Gasteiger charge is 2.51. The van der Waals surface area contributed by atoms with Crippen LogP contribution >= 0.6 is 11.6 Å². The first kappa shape index (κ1) is 21.1. The summed E-state index contributed by atoms with van der Waals surface area (Å²) < 4.78 is 1.73. The Balaban J connectivity index is 1.52. The number of rotatable bonds is 5. The molecule has 8 heteroatoms. The van der Waals surface area contributed by atoms with E-state index in [9.17, 15) is 4.79 Å². The number of aromatic nitrogens is 3. The molecule has 2 atom stereocenters. The molecule has 2 saturated heterocycles. The highest BCUT2D eigenvalue weighted by molar-refractivity contribution is 6.31. The van der Waals surface area contributed by atoms with Crippen molar-refractivity contribution in [3.63, 3.8) is 0 Å². The first-order valence-corrected chi connectivity index (χ1v) is 11.4. The van der Waals surface area contributed by atoms with Gasteiger partial charge in [-0.1, -0.05) is 35.9 Å². The molecule has 166 valence electrons. The maximum atomic E-state index is 12.9. The second kappa shape index (κ2) is 8.65. The predicted molar refractivity (Wildman–Crippen MR) is 123 cm³/mol. The Bertz CT molecular complexity index is 1130. The van der Waals surface area contributed by atoms with Gasteiger partial charge in [0.05, 0.1) is 29.8 Å². The van der Waals surface area contributed by atoms with Crippen molar-refractivity contribution in [2.75, 3.05) is 26.2 Å². The maximum absolute atomic E-state index is 12.9. The van der Waals surface area contributed by atoms with Gasteiger partial charge >= 0.3 is 0 Å². The minimum atomic E-state index is -0.424. The molecule has 1 aromatic carbocycles. The molecule has 2 aromatic heterocycles. The van der Waals surface area contributed by atoms with Gasteiger partial charge in [-0.25, -0.2) is 0 Å². The number of aliphatic hydroxyl groups excluding tert-OH is 1. The van der Waals surface area contributed by atoms with E-state index in [-0.39, 0.29) is 18.4 Å². The fourth-order valence-electron chi connectivity index (χ4n) is 5.17. The lowest BCUT2D eigenvalue weighted by atomic mass is 9.66. The monoisotopic (exact) mass is 451 g/mol. The fourth-order valence-corrected chi connectivity index (χ4v) is 5.46. The van der Waals surface area contributed by atoms with Crippen LogP contribution in [0.1, 0.15) is 24.3 Å². The Labute approximate surface area is 191 Å². The first-order valence-electron chi connectivity index (χ1n) is 11.0. The minimum absolute atomic E-state index is 0.0133. The summed E-state index contributed by atoms with van der Waals surface area (Å²) in [5.74, 6) is 0.124. The van der Waals surface area contributed by atoms with Crippen LogP contribution in [0.15, 0.2) is 49.1 Å². The Morgan fingerprint density at radius 1 is 1.09 bits per heavy atom. The second-order valence-corrected chi connectivity index (χ2v) is 8.95. The Morgan fingerprint density at radius 3 is 2.62 bits per heavy atom. The minimum Gasteiger partial charge on any atom is -0.394 e. The molecule has 2 unspecified atom stereocenters. The largest absolute Gasteiger partial charge is 0.394 e. The van der Waals surface area contributed by atoms with Gasteiger partial charge in [0.15, 0.2) is 0 Å². The van der Waals surface area contributed by atoms with Crippen molar-refractivity contribution in [1.82, 2.24) is 25.4 Å². The molecular formula is C24H26ClN5O2. The summed E-state index contributed by atoms with van der Waals surface area (Å²) in [7, 11) is 0. The zero-order valence-corrected chi connectivity index (χ0v) is 18.5. The topological polar surface area (TPSA) is 92.1 Å². The van der Waals surface area contributed by atoms with E-state index in [1.54, 1.807) is 17.1 Å². The molecule has 32 heavy (non-hydrogen) atoms. The molecule has 2 fully saturated rings. The van der Waals surface area contributed by atoms with E-state index in [0.717, 1.165) is 47.2 Å². The quantitative estimate of drug-likeness (QED) is 0.554. The van der Waals surface area contributed by atoms with Crippen LogP contribution in [0.3, 0.4) is 0 Å². The number of nitrogens with one attached hydrogen (secondary N) is 2. The van der Waals surface area contributed by atoms with E-state index in [0.29, 0.717) is 24.7 Å². The lowest BCUT2D eigenvalue weighted by Gasteiger charge is -2.40. The third-order valence-corrected chi connectivity index (χ3v) is 7.15. The van der Waals surface area contributed by atoms with Crippen molar-refractivity contribution in [3.05, 3.63) is 59.6 Å². The van der Waals surface area contributed by atoms with Crippen LogP contribution < -0.4 is 10.6 Å². The van der Waals surface area contributed by atoms with Crippen LogP contribution in [-0.2, 0) is 11.3 Å². The molecule has 0 aliphatic carbocycles. The van der Waals surface area contributed by atoms with Gasteiger partial charge in [-0.05, 0) is 36.1 Å². The second-order valence-electron chi connectivity index (χ2n) is 8.54. The predicted octanol–water partition coefficient (Wildman–Crippen LogP) is 2.84. The summed E-state index contributed by atoms with van der Waals surface area (Å²) in [6, 6.07) is 8.23. The zero-order valence-electron chi connectivity index (χ0n) is 17.7. The number of hydrogen-bond acceptors (Lipinski definition) is 5. The smallest absolute Gasteiger partial charge is 0.227 e. The van der Waals surface area contributed by atoms with Gasteiger partial charge in [0.2, 0.25) is 5.91 Å². The fraction of sp³-hybridized carbons (Fsp3) is 0.375. The standard InChI is InChI=1S/C24H26ClN5O2/c25-21-14-27-12-19(22(21)20-13-26-7-5-24(20)6-8-28-23(24)32)17-3-1-16(2-4-17)18-11-29-30(15-18)9-10-31/h1-4,11-12,14-15,20,26,31H,5-10,13H2,(H,28,32). The highest BCUT2D eigenvalue weighted by Crippen LogP contribution is 2.50. The zero-order chi connectivity index (χ0) is 22.1. The lowest BCUT2D eigenvalue weighted by Crippen LogP contribution is -2.48. The molecule has 2 aliphatic heterocycles. The van der Waals surface area contributed by atoms with Crippen molar-refractivity contribution in [1.29, 1.82) is 0 Å². The van der Waals surface area contributed by atoms with E-state index in [1.807, 2.05) is 12.4 Å². The molecule has 5 rings (SSSR count). The van der Waals surface area contributed by atoms with Crippen LogP contribution in [0.5, 0.6) is 0 Å². The van der Waals surface area contributed by atoms with Crippen molar-refractivity contribution in [2.24, 2.45) is 5.41 Å². The van der Waals surface area contributed by atoms with Crippen LogP contribution in [0.2, 0.25) is 5.02 Å². The van der Waals surface area contributed by atoms with Gasteiger partial charge in [-0.3, -0.25) is 14.5 Å². The number of hydrogen-bond donors (Lipinski definition) is 3. The summed E-state index contributed by atoms with van der Waals surface area (Å²) >= 11 is 6.73. The first-order chi connectivity index (χ1) is 15.6.